The minimum absolute atomic E-state index is 0.182. The number of carbonyl (C=O) groups excluding carboxylic acids is 1. The van der Waals surface area contributed by atoms with E-state index in [4.69, 9.17) is 9.47 Å². The van der Waals surface area contributed by atoms with Crippen LogP contribution < -0.4 is 14.8 Å². The molecule has 2 aromatic heterocycles. The lowest BCUT2D eigenvalue weighted by Crippen LogP contribution is -2.21. The molecule has 0 saturated heterocycles. The summed E-state index contributed by atoms with van der Waals surface area (Å²) in [5.41, 5.74) is 1.51. The van der Waals surface area contributed by atoms with Crippen LogP contribution in [0.3, 0.4) is 0 Å². The van der Waals surface area contributed by atoms with E-state index < -0.39 is 0 Å². The molecule has 1 aromatic carbocycles. The number of aromatic nitrogens is 3. The lowest BCUT2D eigenvalue weighted by molar-refractivity contribution is -0.115. The van der Waals surface area contributed by atoms with E-state index in [1.165, 1.54) is 19.3 Å². The Hall–Kier alpha value is -3.09. The molecule has 0 spiro atoms. The van der Waals surface area contributed by atoms with E-state index in [1.54, 1.807) is 11.6 Å². The first kappa shape index (κ1) is 18.3. The van der Waals surface area contributed by atoms with Gasteiger partial charge in [-0.15, -0.1) is 5.10 Å². The van der Waals surface area contributed by atoms with Crippen LogP contribution in [0.1, 0.15) is 37.7 Å². The lowest BCUT2D eigenvalue weighted by Gasteiger charge is -2.22. The monoisotopic (exact) mass is 380 g/mol. The fourth-order valence-corrected chi connectivity index (χ4v) is 3.51. The van der Waals surface area contributed by atoms with E-state index in [0.29, 0.717) is 11.5 Å². The number of hydrogen-bond donors (Lipinski definition) is 1. The van der Waals surface area contributed by atoms with Gasteiger partial charge in [0.2, 0.25) is 17.7 Å². The summed E-state index contributed by atoms with van der Waals surface area (Å²) in [6, 6.07) is 13.1. The maximum Gasteiger partial charge on any atom is 0.249 e. The average molecular weight is 380 g/mol. The number of anilines is 1. The Kier molecular flexibility index (Phi) is 5.41. The summed E-state index contributed by atoms with van der Waals surface area (Å²) in [5.74, 6) is 1.47. The zero-order chi connectivity index (χ0) is 19.3. The van der Waals surface area contributed by atoms with Crippen LogP contribution in [0.4, 0.5) is 5.95 Å². The summed E-state index contributed by atoms with van der Waals surface area (Å²) in [6.45, 7) is 0. The van der Waals surface area contributed by atoms with E-state index in [-0.39, 0.29) is 24.4 Å². The number of fused-ring (bicyclic) bond motifs is 1. The van der Waals surface area contributed by atoms with E-state index in [0.717, 1.165) is 24.2 Å². The van der Waals surface area contributed by atoms with Crippen LogP contribution in [0.2, 0.25) is 0 Å². The van der Waals surface area contributed by atoms with E-state index in [2.05, 4.69) is 15.4 Å². The average Bonchev–Trinajstić information content (AvgIpc) is 3.12. The second-order valence-corrected chi connectivity index (χ2v) is 7.02. The Balaban J connectivity index is 1.46. The van der Waals surface area contributed by atoms with Crippen molar-refractivity contribution < 1.29 is 14.3 Å². The van der Waals surface area contributed by atoms with Gasteiger partial charge in [0.05, 0.1) is 13.5 Å². The number of amides is 1. The van der Waals surface area contributed by atoms with Crippen molar-refractivity contribution in [3.8, 4) is 11.6 Å². The minimum atomic E-state index is -0.182. The van der Waals surface area contributed by atoms with Gasteiger partial charge in [-0.05, 0) is 49.4 Å². The molecule has 1 saturated carbocycles. The maximum absolute atomic E-state index is 12.4. The molecule has 146 valence electrons. The predicted octanol–water partition coefficient (Wildman–Crippen LogP) is 3.63. The van der Waals surface area contributed by atoms with Gasteiger partial charge in [0.1, 0.15) is 11.9 Å². The van der Waals surface area contributed by atoms with E-state index in [9.17, 15) is 4.79 Å². The number of pyridine rings is 1. The van der Waals surface area contributed by atoms with Gasteiger partial charge in [-0.1, -0.05) is 24.6 Å². The first-order chi connectivity index (χ1) is 13.7. The zero-order valence-corrected chi connectivity index (χ0v) is 15.9. The van der Waals surface area contributed by atoms with Gasteiger partial charge in [-0.3, -0.25) is 10.1 Å². The third-order valence-corrected chi connectivity index (χ3v) is 4.91. The summed E-state index contributed by atoms with van der Waals surface area (Å²) >= 11 is 0. The van der Waals surface area contributed by atoms with Crippen molar-refractivity contribution >= 4 is 17.5 Å². The number of methoxy groups -OCH3 is 1. The first-order valence-corrected chi connectivity index (χ1v) is 9.66. The number of carbonyl (C=O) groups is 1. The number of nitrogens with one attached hydrogen (secondary N) is 1. The van der Waals surface area contributed by atoms with Gasteiger partial charge in [-0.2, -0.15) is 9.50 Å². The van der Waals surface area contributed by atoms with Crippen molar-refractivity contribution in [2.45, 2.75) is 44.6 Å². The van der Waals surface area contributed by atoms with Crippen LogP contribution >= 0.6 is 0 Å². The molecular weight excluding hydrogens is 356 g/mol. The molecular formula is C21H24N4O3. The third-order valence-electron chi connectivity index (χ3n) is 4.91. The molecule has 3 aromatic rings. The second kappa shape index (κ2) is 8.29. The SMILES string of the molecule is COc1cccc(CC(=O)Nc2nc3cccc(OC4CCCCC4)n3n2)c1. The smallest absolute Gasteiger partial charge is 0.249 e. The molecule has 2 heterocycles. The van der Waals surface area contributed by atoms with Crippen molar-refractivity contribution in [2.24, 2.45) is 0 Å². The van der Waals surface area contributed by atoms with Gasteiger partial charge in [0.25, 0.3) is 0 Å². The number of benzene rings is 1. The van der Waals surface area contributed by atoms with Crippen LogP contribution in [-0.2, 0) is 11.2 Å². The second-order valence-electron chi connectivity index (χ2n) is 7.02. The highest BCUT2D eigenvalue weighted by molar-refractivity contribution is 5.90. The van der Waals surface area contributed by atoms with Crippen LogP contribution in [0.15, 0.2) is 42.5 Å². The molecule has 1 amide bonds. The highest BCUT2D eigenvalue weighted by atomic mass is 16.5. The molecule has 1 N–H and O–H groups in total. The number of rotatable bonds is 6. The van der Waals surface area contributed by atoms with Crippen molar-refractivity contribution in [2.75, 3.05) is 12.4 Å². The van der Waals surface area contributed by atoms with Crippen molar-refractivity contribution in [3.05, 3.63) is 48.0 Å². The Bertz CT molecular complexity index is 963. The lowest BCUT2D eigenvalue weighted by atomic mass is 9.98. The number of ether oxygens (including phenoxy) is 2. The van der Waals surface area contributed by atoms with Gasteiger partial charge in [-0.25, -0.2) is 0 Å². The standard InChI is InChI=1S/C21H24N4O3/c1-27-17-10-5-7-15(13-17)14-19(26)23-21-22-18-11-6-12-20(25(18)24-21)28-16-8-3-2-4-9-16/h5-7,10-13,16H,2-4,8-9,14H2,1H3,(H,23,24,26). The largest absolute Gasteiger partial charge is 0.497 e. The molecule has 7 nitrogen and oxygen atoms in total. The van der Waals surface area contributed by atoms with E-state index in [1.807, 2.05) is 42.5 Å². The maximum atomic E-state index is 12.4. The number of nitrogens with zero attached hydrogens (tertiary/aromatic N) is 3. The normalized spacial score (nSPS) is 14.8. The summed E-state index contributed by atoms with van der Waals surface area (Å²) in [4.78, 5) is 16.8. The predicted molar refractivity (Wildman–Crippen MR) is 106 cm³/mol. The molecule has 7 heteroatoms. The van der Waals surface area contributed by atoms with Gasteiger partial charge < -0.3 is 9.47 Å². The molecule has 1 fully saturated rings. The topological polar surface area (TPSA) is 77.8 Å². The van der Waals surface area contributed by atoms with E-state index >= 15 is 0 Å². The molecule has 28 heavy (non-hydrogen) atoms. The van der Waals surface area contributed by atoms with Gasteiger partial charge >= 0.3 is 0 Å². The fourth-order valence-electron chi connectivity index (χ4n) is 3.51. The van der Waals surface area contributed by atoms with Crippen molar-refractivity contribution in [1.29, 1.82) is 0 Å². The molecule has 0 radical (unpaired) electrons. The van der Waals surface area contributed by atoms with Crippen molar-refractivity contribution in [1.82, 2.24) is 14.6 Å². The molecule has 0 bridgehead atoms. The molecule has 1 aliphatic carbocycles. The highest BCUT2D eigenvalue weighted by Gasteiger charge is 2.17. The quantitative estimate of drug-likeness (QED) is 0.707. The molecule has 0 atom stereocenters. The van der Waals surface area contributed by atoms with Gasteiger partial charge in [0, 0.05) is 6.07 Å². The summed E-state index contributed by atoms with van der Waals surface area (Å²) in [6.07, 6.45) is 6.24. The Morgan fingerprint density at radius 2 is 2.00 bits per heavy atom. The Morgan fingerprint density at radius 1 is 1.18 bits per heavy atom. The Labute approximate surface area is 163 Å². The zero-order valence-electron chi connectivity index (χ0n) is 15.9. The fraction of sp³-hybridized carbons (Fsp3) is 0.381. The summed E-state index contributed by atoms with van der Waals surface area (Å²) < 4.78 is 13.0. The molecule has 4 rings (SSSR count). The third kappa shape index (κ3) is 4.24. The Morgan fingerprint density at radius 3 is 2.82 bits per heavy atom. The van der Waals surface area contributed by atoms with Crippen LogP contribution in [0, 0.1) is 0 Å². The summed E-state index contributed by atoms with van der Waals surface area (Å²) in [7, 11) is 1.60. The number of hydrogen-bond acceptors (Lipinski definition) is 5. The highest BCUT2D eigenvalue weighted by Crippen LogP contribution is 2.24. The minimum Gasteiger partial charge on any atom is -0.497 e. The molecule has 0 aliphatic heterocycles. The van der Waals surface area contributed by atoms with Gasteiger partial charge in [0.15, 0.2) is 5.65 Å². The van der Waals surface area contributed by atoms with Crippen LogP contribution in [-0.4, -0.2) is 33.7 Å². The van der Waals surface area contributed by atoms with Crippen LogP contribution in [0.5, 0.6) is 11.6 Å². The van der Waals surface area contributed by atoms with Crippen LogP contribution in [0.25, 0.3) is 5.65 Å². The first-order valence-electron chi connectivity index (χ1n) is 9.66. The van der Waals surface area contributed by atoms with Crippen molar-refractivity contribution in [3.63, 3.8) is 0 Å². The summed E-state index contributed by atoms with van der Waals surface area (Å²) in [5, 5.41) is 7.19. The molecule has 1 aliphatic rings. The molecule has 0 unspecified atom stereocenters.